The summed E-state index contributed by atoms with van der Waals surface area (Å²) in [5, 5.41) is 3.06. The molecular formula is C17H19ClN2O4S. The Labute approximate surface area is 152 Å². The van der Waals surface area contributed by atoms with Crippen molar-refractivity contribution < 1.29 is 17.9 Å². The Bertz CT molecular complexity index is 884. The number of aryl methyl sites for hydroxylation is 1. The number of benzene rings is 2. The van der Waals surface area contributed by atoms with Crippen molar-refractivity contribution in [2.24, 2.45) is 0 Å². The summed E-state index contributed by atoms with van der Waals surface area (Å²) in [5.41, 5.74) is 1.69. The van der Waals surface area contributed by atoms with Gasteiger partial charge in [0.2, 0.25) is 15.9 Å². The van der Waals surface area contributed by atoms with E-state index < -0.39 is 15.9 Å². The molecule has 1 amide bonds. The number of hydrogen-bond donors (Lipinski definition) is 1. The van der Waals surface area contributed by atoms with E-state index in [0.29, 0.717) is 22.1 Å². The largest absolute Gasteiger partial charge is 0.495 e. The van der Waals surface area contributed by atoms with E-state index in [4.69, 9.17) is 16.3 Å². The number of carbonyl (C=O) groups is 1. The van der Waals surface area contributed by atoms with Crippen molar-refractivity contribution in [1.29, 1.82) is 0 Å². The Morgan fingerprint density at radius 3 is 2.56 bits per heavy atom. The summed E-state index contributed by atoms with van der Waals surface area (Å²) >= 11 is 5.94. The van der Waals surface area contributed by atoms with Crippen LogP contribution in [0.15, 0.2) is 42.5 Å². The highest BCUT2D eigenvalue weighted by atomic mass is 35.5. The summed E-state index contributed by atoms with van der Waals surface area (Å²) in [5.74, 6) is -0.0771. The van der Waals surface area contributed by atoms with Crippen molar-refractivity contribution in [3.63, 3.8) is 0 Å². The number of rotatable bonds is 6. The van der Waals surface area contributed by atoms with Gasteiger partial charge in [0.05, 0.1) is 24.7 Å². The molecule has 0 radical (unpaired) electrons. The minimum absolute atomic E-state index is 0.363. The fourth-order valence-corrected chi connectivity index (χ4v) is 3.30. The lowest BCUT2D eigenvalue weighted by Crippen LogP contribution is -2.37. The van der Waals surface area contributed by atoms with Crippen LogP contribution in [0.3, 0.4) is 0 Å². The van der Waals surface area contributed by atoms with Gasteiger partial charge in [-0.25, -0.2) is 8.42 Å². The normalized spacial score (nSPS) is 11.0. The molecule has 0 aliphatic rings. The lowest BCUT2D eigenvalue weighted by Gasteiger charge is -2.22. The summed E-state index contributed by atoms with van der Waals surface area (Å²) < 4.78 is 30.4. The minimum atomic E-state index is -3.63. The quantitative estimate of drug-likeness (QED) is 0.833. The summed E-state index contributed by atoms with van der Waals surface area (Å²) in [6, 6.07) is 11.7. The Morgan fingerprint density at radius 2 is 1.96 bits per heavy atom. The first kappa shape index (κ1) is 19.1. The molecule has 8 heteroatoms. The van der Waals surface area contributed by atoms with E-state index in [1.807, 2.05) is 13.0 Å². The van der Waals surface area contributed by atoms with Gasteiger partial charge in [0.1, 0.15) is 12.3 Å². The van der Waals surface area contributed by atoms with Gasteiger partial charge in [0.25, 0.3) is 0 Å². The number of nitrogens with zero attached hydrogens (tertiary/aromatic N) is 1. The Kier molecular flexibility index (Phi) is 5.92. The highest BCUT2D eigenvalue weighted by molar-refractivity contribution is 7.92. The van der Waals surface area contributed by atoms with E-state index >= 15 is 0 Å². The first-order chi connectivity index (χ1) is 11.7. The summed E-state index contributed by atoms with van der Waals surface area (Å²) in [6.45, 7) is 1.48. The molecule has 0 heterocycles. The Hall–Kier alpha value is -2.25. The predicted octanol–water partition coefficient (Wildman–Crippen LogP) is 3.06. The van der Waals surface area contributed by atoms with Crippen LogP contribution in [0.4, 0.5) is 11.4 Å². The number of nitrogens with one attached hydrogen (secondary N) is 1. The van der Waals surface area contributed by atoms with Crippen LogP contribution in [-0.4, -0.2) is 34.2 Å². The molecule has 0 aliphatic carbocycles. The number of ether oxygens (including phenoxy) is 1. The third-order valence-electron chi connectivity index (χ3n) is 3.41. The lowest BCUT2D eigenvalue weighted by molar-refractivity contribution is -0.114. The third-order valence-corrected chi connectivity index (χ3v) is 4.79. The molecule has 1 N–H and O–H groups in total. The van der Waals surface area contributed by atoms with Gasteiger partial charge in [-0.05, 0) is 42.8 Å². The molecule has 0 bridgehead atoms. The maximum Gasteiger partial charge on any atom is 0.245 e. The molecular weight excluding hydrogens is 364 g/mol. The number of amides is 1. The SMILES string of the molecule is COc1ccc(Cl)cc1NC(=O)CN(c1cccc(C)c1)S(C)(=O)=O. The van der Waals surface area contributed by atoms with Crippen LogP contribution in [0.2, 0.25) is 5.02 Å². The van der Waals surface area contributed by atoms with Crippen molar-refractivity contribution in [1.82, 2.24) is 0 Å². The van der Waals surface area contributed by atoms with Gasteiger partial charge < -0.3 is 10.1 Å². The van der Waals surface area contributed by atoms with Crippen LogP contribution in [0.25, 0.3) is 0 Å². The third kappa shape index (κ3) is 5.11. The number of halogens is 1. The van der Waals surface area contributed by atoms with Gasteiger partial charge in [0.15, 0.2) is 0 Å². The molecule has 0 fully saturated rings. The molecule has 0 spiro atoms. The molecule has 0 aromatic heterocycles. The number of hydrogen-bond acceptors (Lipinski definition) is 4. The molecule has 6 nitrogen and oxygen atoms in total. The first-order valence-corrected chi connectivity index (χ1v) is 9.61. The zero-order valence-electron chi connectivity index (χ0n) is 14.1. The van der Waals surface area contributed by atoms with Gasteiger partial charge in [0, 0.05) is 5.02 Å². The van der Waals surface area contributed by atoms with E-state index in [-0.39, 0.29) is 6.54 Å². The standard InChI is InChI=1S/C17H19ClN2O4S/c1-12-5-4-6-14(9-12)20(25(3,22)23)11-17(21)19-15-10-13(18)7-8-16(15)24-2/h4-10H,11H2,1-3H3,(H,19,21). The minimum Gasteiger partial charge on any atom is -0.495 e. The van der Waals surface area contributed by atoms with Crippen molar-refractivity contribution in [2.45, 2.75) is 6.92 Å². The Balaban J connectivity index is 2.25. The molecule has 2 aromatic rings. The van der Waals surface area contributed by atoms with E-state index in [1.165, 1.54) is 13.2 Å². The molecule has 2 rings (SSSR count). The second-order valence-corrected chi connectivity index (χ2v) is 7.84. The van der Waals surface area contributed by atoms with Gasteiger partial charge in [-0.3, -0.25) is 9.10 Å². The maximum atomic E-state index is 12.4. The van der Waals surface area contributed by atoms with Crippen LogP contribution in [0.5, 0.6) is 5.75 Å². The van der Waals surface area contributed by atoms with Crippen molar-refractivity contribution in [2.75, 3.05) is 29.5 Å². The second kappa shape index (κ2) is 7.76. The van der Waals surface area contributed by atoms with Crippen LogP contribution in [-0.2, 0) is 14.8 Å². The lowest BCUT2D eigenvalue weighted by atomic mass is 10.2. The van der Waals surface area contributed by atoms with Gasteiger partial charge in [-0.2, -0.15) is 0 Å². The smallest absolute Gasteiger partial charge is 0.245 e. The summed E-state index contributed by atoms with van der Waals surface area (Å²) in [4.78, 5) is 12.4. The average Bonchev–Trinajstić information content (AvgIpc) is 2.52. The van der Waals surface area contributed by atoms with Crippen molar-refractivity contribution in [3.05, 3.63) is 53.1 Å². The van der Waals surface area contributed by atoms with Gasteiger partial charge >= 0.3 is 0 Å². The zero-order valence-corrected chi connectivity index (χ0v) is 15.7. The average molecular weight is 383 g/mol. The van der Waals surface area contributed by atoms with Gasteiger partial charge in [-0.1, -0.05) is 23.7 Å². The second-order valence-electron chi connectivity index (χ2n) is 5.50. The van der Waals surface area contributed by atoms with E-state index in [1.54, 1.807) is 30.3 Å². The fourth-order valence-electron chi connectivity index (χ4n) is 2.28. The molecule has 2 aromatic carbocycles. The van der Waals surface area contributed by atoms with Crippen LogP contribution in [0.1, 0.15) is 5.56 Å². The Morgan fingerprint density at radius 1 is 1.24 bits per heavy atom. The van der Waals surface area contributed by atoms with E-state index in [0.717, 1.165) is 16.1 Å². The van der Waals surface area contributed by atoms with Crippen LogP contribution < -0.4 is 14.4 Å². The number of anilines is 2. The van der Waals surface area contributed by atoms with Gasteiger partial charge in [-0.15, -0.1) is 0 Å². The molecule has 0 aliphatic heterocycles. The highest BCUT2D eigenvalue weighted by Gasteiger charge is 2.21. The van der Waals surface area contributed by atoms with E-state index in [9.17, 15) is 13.2 Å². The summed E-state index contributed by atoms with van der Waals surface area (Å²) in [6.07, 6.45) is 1.06. The number of methoxy groups -OCH3 is 1. The molecule has 0 unspecified atom stereocenters. The molecule has 25 heavy (non-hydrogen) atoms. The molecule has 0 saturated heterocycles. The fraction of sp³-hybridized carbons (Fsp3) is 0.235. The first-order valence-electron chi connectivity index (χ1n) is 7.38. The maximum absolute atomic E-state index is 12.4. The molecule has 0 atom stereocenters. The van der Waals surface area contributed by atoms with Crippen LogP contribution >= 0.6 is 11.6 Å². The highest BCUT2D eigenvalue weighted by Crippen LogP contribution is 2.28. The molecule has 134 valence electrons. The number of carbonyl (C=O) groups excluding carboxylic acids is 1. The van der Waals surface area contributed by atoms with Crippen molar-refractivity contribution in [3.8, 4) is 5.75 Å². The van der Waals surface area contributed by atoms with Crippen LogP contribution in [0, 0.1) is 6.92 Å². The number of sulfonamides is 1. The van der Waals surface area contributed by atoms with E-state index in [2.05, 4.69) is 5.32 Å². The topological polar surface area (TPSA) is 75.7 Å². The predicted molar refractivity (Wildman–Crippen MR) is 100 cm³/mol. The van der Waals surface area contributed by atoms with Crippen molar-refractivity contribution >= 4 is 38.9 Å². The monoisotopic (exact) mass is 382 g/mol. The zero-order chi connectivity index (χ0) is 18.6. The summed E-state index contributed by atoms with van der Waals surface area (Å²) in [7, 11) is -2.16. The molecule has 0 saturated carbocycles.